The summed E-state index contributed by atoms with van der Waals surface area (Å²) in [5.41, 5.74) is 1.25. The Morgan fingerprint density at radius 3 is 1.79 bits per heavy atom. The second-order valence-electron chi connectivity index (χ2n) is 9.15. The SMILES string of the molecule is CCCCCCCCCCCCCCCCNCC(=O)Nc1ccc(C(=O)NCCOC)cc1. The van der Waals surface area contributed by atoms with E-state index in [1.165, 1.54) is 83.5 Å². The molecule has 6 heteroatoms. The maximum absolute atomic E-state index is 12.1. The molecule has 0 aliphatic carbocycles. The van der Waals surface area contributed by atoms with Gasteiger partial charge in [0.25, 0.3) is 5.91 Å². The van der Waals surface area contributed by atoms with Crippen molar-refractivity contribution in [3.8, 4) is 0 Å². The molecule has 0 saturated carbocycles. The first kappa shape index (κ1) is 30.1. The lowest BCUT2D eigenvalue weighted by atomic mass is 10.0. The highest BCUT2D eigenvalue weighted by Gasteiger charge is 2.06. The Hall–Kier alpha value is -1.92. The molecule has 1 aromatic rings. The number of anilines is 1. The molecule has 0 bridgehead atoms. The fourth-order valence-corrected chi connectivity index (χ4v) is 3.93. The molecule has 0 radical (unpaired) electrons. The van der Waals surface area contributed by atoms with Gasteiger partial charge in [0.15, 0.2) is 0 Å². The molecular formula is C28H49N3O3. The molecule has 0 atom stereocenters. The van der Waals surface area contributed by atoms with Crippen LogP contribution in [0, 0.1) is 0 Å². The third-order valence-electron chi connectivity index (χ3n) is 6.02. The Balaban J connectivity index is 1.94. The number of hydrogen-bond donors (Lipinski definition) is 3. The molecule has 0 aliphatic heterocycles. The second-order valence-corrected chi connectivity index (χ2v) is 9.15. The van der Waals surface area contributed by atoms with Gasteiger partial charge in [-0.25, -0.2) is 0 Å². The number of carbonyl (C=O) groups is 2. The zero-order valence-electron chi connectivity index (χ0n) is 21.8. The number of nitrogens with one attached hydrogen (secondary N) is 3. The molecule has 0 aromatic heterocycles. The number of methoxy groups -OCH3 is 1. The summed E-state index contributed by atoms with van der Waals surface area (Å²) in [6, 6.07) is 6.91. The predicted molar refractivity (Wildman–Crippen MR) is 142 cm³/mol. The minimum absolute atomic E-state index is 0.0670. The van der Waals surface area contributed by atoms with Gasteiger partial charge in [0.05, 0.1) is 13.2 Å². The molecule has 6 nitrogen and oxygen atoms in total. The zero-order valence-corrected chi connectivity index (χ0v) is 21.8. The van der Waals surface area contributed by atoms with Crippen LogP contribution in [0.25, 0.3) is 0 Å². The van der Waals surface area contributed by atoms with Crippen molar-refractivity contribution in [2.75, 3.05) is 38.7 Å². The van der Waals surface area contributed by atoms with E-state index in [0.29, 0.717) is 30.9 Å². The molecule has 0 fully saturated rings. The molecule has 0 spiro atoms. The van der Waals surface area contributed by atoms with Gasteiger partial charge in [-0.05, 0) is 37.2 Å². The van der Waals surface area contributed by atoms with Gasteiger partial charge < -0.3 is 20.7 Å². The van der Waals surface area contributed by atoms with Crippen molar-refractivity contribution in [2.45, 2.75) is 96.8 Å². The lowest BCUT2D eigenvalue weighted by Gasteiger charge is -2.08. The molecule has 34 heavy (non-hydrogen) atoms. The van der Waals surface area contributed by atoms with Gasteiger partial charge in [-0.3, -0.25) is 9.59 Å². The molecule has 2 amide bonds. The van der Waals surface area contributed by atoms with Crippen LogP contribution in [0.15, 0.2) is 24.3 Å². The van der Waals surface area contributed by atoms with E-state index in [9.17, 15) is 9.59 Å². The van der Waals surface area contributed by atoms with Gasteiger partial charge in [0, 0.05) is 24.9 Å². The normalized spacial score (nSPS) is 10.9. The van der Waals surface area contributed by atoms with Crippen molar-refractivity contribution >= 4 is 17.5 Å². The van der Waals surface area contributed by atoms with Crippen LogP contribution in [-0.4, -0.2) is 45.2 Å². The first-order valence-electron chi connectivity index (χ1n) is 13.5. The summed E-state index contributed by atoms with van der Waals surface area (Å²) < 4.78 is 4.92. The molecule has 0 heterocycles. The van der Waals surface area contributed by atoms with Crippen LogP contribution < -0.4 is 16.0 Å². The standard InChI is InChI=1S/C28H49N3O3/c1-3-4-5-6-7-8-9-10-11-12-13-14-15-16-21-29-24-27(32)31-26-19-17-25(18-20-26)28(33)30-22-23-34-2/h17-20,29H,3-16,21-24H2,1-2H3,(H,30,33)(H,31,32). The predicted octanol–water partition coefficient (Wildman–Crippen LogP) is 6.07. The summed E-state index contributed by atoms with van der Waals surface area (Å²) >= 11 is 0. The van der Waals surface area contributed by atoms with Crippen molar-refractivity contribution in [3.63, 3.8) is 0 Å². The summed E-state index contributed by atoms with van der Waals surface area (Å²) in [6.45, 7) is 4.39. The maximum atomic E-state index is 12.1. The molecule has 3 N–H and O–H groups in total. The van der Waals surface area contributed by atoms with E-state index >= 15 is 0 Å². The highest BCUT2D eigenvalue weighted by Crippen LogP contribution is 2.13. The molecule has 1 rings (SSSR count). The second kappa shape index (κ2) is 21.6. The largest absolute Gasteiger partial charge is 0.383 e. The highest BCUT2D eigenvalue weighted by molar-refractivity contribution is 5.96. The van der Waals surface area contributed by atoms with E-state index in [0.717, 1.165) is 13.0 Å². The van der Waals surface area contributed by atoms with Gasteiger partial charge >= 0.3 is 0 Å². The summed E-state index contributed by atoms with van der Waals surface area (Å²) in [5.74, 6) is -0.215. The molecule has 0 unspecified atom stereocenters. The van der Waals surface area contributed by atoms with Crippen molar-refractivity contribution in [1.29, 1.82) is 0 Å². The summed E-state index contributed by atoms with van der Waals surface area (Å²) in [6.07, 6.45) is 18.9. The Bertz CT molecular complexity index is 634. The Kier molecular flexibility index (Phi) is 19.1. The van der Waals surface area contributed by atoms with Gasteiger partial charge in [-0.15, -0.1) is 0 Å². The van der Waals surface area contributed by atoms with E-state index in [1.807, 2.05) is 0 Å². The number of carbonyl (C=O) groups excluding carboxylic acids is 2. The lowest BCUT2D eigenvalue weighted by Crippen LogP contribution is -2.29. The maximum Gasteiger partial charge on any atom is 0.251 e. The van der Waals surface area contributed by atoms with Crippen molar-refractivity contribution in [2.24, 2.45) is 0 Å². The van der Waals surface area contributed by atoms with Gasteiger partial charge in [-0.1, -0.05) is 90.4 Å². The van der Waals surface area contributed by atoms with Crippen LogP contribution >= 0.6 is 0 Å². The fraction of sp³-hybridized carbons (Fsp3) is 0.714. The third-order valence-corrected chi connectivity index (χ3v) is 6.02. The van der Waals surface area contributed by atoms with E-state index in [-0.39, 0.29) is 11.8 Å². The quantitative estimate of drug-likeness (QED) is 0.178. The minimum Gasteiger partial charge on any atom is -0.383 e. The van der Waals surface area contributed by atoms with E-state index < -0.39 is 0 Å². The molecular weight excluding hydrogens is 426 g/mol. The number of rotatable bonds is 22. The van der Waals surface area contributed by atoms with Gasteiger partial charge in [-0.2, -0.15) is 0 Å². The van der Waals surface area contributed by atoms with E-state index in [4.69, 9.17) is 4.74 Å². The van der Waals surface area contributed by atoms with Gasteiger partial charge in [0.1, 0.15) is 0 Å². The van der Waals surface area contributed by atoms with Gasteiger partial charge in [0.2, 0.25) is 5.91 Å². The van der Waals surface area contributed by atoms with Crippen LogP contribution in [-0.2, 0) is 9.53 Å². The number of amides is 2. The van der Waals surface area contributed by atoms with Crippen molar-refractivity contribution < 1.29 is 14.3 Å². The van der Waals surface area contributed by atoms with Crippen LogP contribution in [0.3, 0.4) is 0 Å². The summed E-state index contributed by atoms with van der Waals surface area (Å²) in [4.78, 5) is 24.1. The first-order chi connectivity index (χ1) is 16.7. The van der Waals surface area contributed by atoms with Crippen molar-refractivity contribution in [1.82, 2.24) is 10.6 Å². The van der Waals surface area contributed by atoms with Crippen LogP contribution in [0.5, 0.6) is 0 Å². The monoisotopic (exact) mass is 475 g/mol. The third kappa shape index (κ3) is 16.7. The number of hydrogen-bond acceptors (Lipinski definition) is 4. The molecule has 194 valence electrons. The Morgan fingerprint density at radius 2 is 1.26 bits per heavy atom. The molecule has 1 aromatic carbocycles. The lowest BCUT2D eigenvalue weighted by molar-refractivity contribution is -0.115. The number of ether oxygens (including phenoxy) is 1. The van der Waals surface area contributed by atoms with Crippen LogP contribution in [0.4, 0.5) is 5.69 Å². The fourth-order valence-electron chi connectivity index (χ4n) is 3.93. The highest BCUT2D eigenvalue weighted by atomic mass is 16.5. The summed E-state index contributed by atoms with van der Waals surface area (Å²) in [5, 5.41) is 8.85. The zero-order chi connectivity index (χ0) is 24.7. The average molecular weight is 476 g/mol. The first-order valence-corrected chi connectivity index (χ1v) is 13.5. The molecule has 0 aliphatic rings. The van der Waals surface area contributed by atoms with E-state index in [2.05, 4.69) is 22.9 Å². The minimum atomic E-state index is -0.148. The Labute approximate surface area is 208 Å². The van der Waals surface area contributed by atoms with E-state index in [1.54, 1.807) is 31.4 Å². The average Bonchev–Trinajstić information content (AvgIpc) is 2.84. The van der Waals surface area contributed by atoms with Crippen LogP contribution in [0.2, 0.25) is 0 Å². The van der Waals surface area contributed by atoms with Crippen molar-refractivity contribution in [3.05, 3.63) is 29.8 Å². The topological polar surface area (TPSA) is 79.5 Å². The Morgan fingerprint density at radius 1 is 0.735 bits per heavy atom. The number of benzene rings is 1. The smallest absolute Gasteiger partial charge is 0.251 e. The number of unbranched alkanes of at least 4 members (excludes halogenated alkanes) is 13. The molecule has 0 saturated heterocycles. The van der Waals surface area contributed by atoms with Crippen LogP contribution in [0.1, 0.15) is 107 Å². The summed E-state index contributed by atoms with van der Waals surface area (Å²) in [7, 11) is 1.60.